The van der Waals surface area contributed by atoms with Crippen molar-refractivity contribution < 1.29 is 38.8 Å². The molecule has 10 nitrogen and oxygen atoms in total. The summed E-state index contributed by atoms with van der Waals surface area (Å²) in [4.78, 5) is 38.8. The number of benzene rings is 1. The minimum atomic E-state index is -0.916. The highest BCUT2D eigenvalue weighted by Crippen LogP contribution is 2.34. The van der Waals surface area contributed by atoms with Crippen molar-refractivity contribution in [3.63, 3.8) is 0 Å². The summed E-state index contributed by atoms with van der Waals surface area (Å²) < 4.78 is 16.8. The van der Waals surface area contributed by atoms with E-state index in [9.17, 15) is 24.6 Å². The Balaban J connectivity index is 1.83. The summed E-state index contributed by atoms with van der Waals surface area (Å²) in [7, 11) is 3.03. The van der Waals surface area contributed by atoms with E-state index in [1.165, 1.54) is 14.2 Å². The van der Waals surface area contributed by atoms with Gasteiger partial charge >= 0.3 is 5.97 Å². The lowest BCUT2D eigenvalue weighted by atomic mass is 9.88. The number of amides is 2. The van der Waals surface area contributed by atoms with Gasteiger partial charge in [0.15, 0.2) is 0 Å². The van der Waals surface area contributed by atoms with Crippen LogP contribution in [0.4, 0.5) is 5.69 Å². The molecule has 10 heteroatoms. The van der Waals surface area contributed by atoms with Gasteiger partial charge in [-0.05, 0) is 51.2 Å². The number of nitrogens with one attached hydrogen (secondary N) is 2. The maximum Gasteiger partial charge on any atom is 0.328 e. The van der Waals surface area contributed by atoms with Gasteiger partial charge in [0.2, 0.25) is 11.8 Å². The topological polar surface area (TPSA) is 143 Å². The number of methoxy groups -OCH3 is 2. The number of aliphatic hydroxyl groups is 1. The summed E-state index contributed by atoms with van der Waals surface area (Å²) in [5.74, 6) is -1.11. The number of aliphatic hydroxyl groups excluding tert-OH is 1. The number of fused-ring (bicyclic) bond motifs is 2. The first-order valence-corrected chi connectivity index (χ1v) is 16.6. The van der Waals surface area contributed by atoms with Gasteiger partial charge in [-0.15, -0.1) is 0 Å². The van der Waals surface area contributed by atoms with Crippen LogP contribution in [-0.2, 0) is 30.3 Å². The van der Waals surface area contributed by atoms with E-state index in [0.717, 1.165) is 32.1 Å². The van der Waals surface area contributed by atoms with Gasteiger partial charge in [-0.2, -0.15) is 0 Å². The summed E-state index contributed by atoms with van der Waals surface area (Å²) in [6.45, 7) is 5.28. The molecule has 2 aliphatic rings. The smallest absolute Gasteiger partial charge is 0.328 e. The monoisotopic (exact) mass is 652 g/mol. The summed E-state index contributed by atoms with van der Waals surface area (Å²) in [5, 5.41) is 27.9. The van der Waals surface area contributed by atoms with Crippen LogP contribution in [-0.4, -0.2) is 66.6 Å². The second-order valence-corrected chi connectivity index (χ2v) is 12.5. The van der Waals surface area contributed by atoms with Gasteiger partial charge in [-0.25, -0.2) is 4.79 Å². The highest BCUT2D eigenvalue weighted by molar-refractivity contribution is 5.93. The standard InChI is InChI=1S/C37H52N2O8/c1-24-15-14-18-28-21-30(46-5)22-31(35(28)42)39-33(40)23-29(45-4)19-12-7-6-8-13-20-32(25(2)34(24)41)47-37(44)26(3)38-36(43)27-16-10-9-11-17-27/h6-8,12-13,15,19,21-22,25-27,29,32,34,41-42H,9-11,14,16-18,20,23H2,1-5H3,(H,38,43)(H,39,40)/b7-6+,13-8+,19-12-,24-15+/t25?,26-,29?,32?,34?/m1/s1. The zero-order valence-electron chi connectivity index (χ0n) is 28.4. The number of allylic oxidation sites excluding steroid dienone is 5. The molecular formula is C37H52N2O8. The molecule has 1 aromatic carbocycles. The zero-order chi connectivity index (χ0) is 34.3. The van der Waals surface area contributed by atoms with Crippen molar-refractivity contribution in [3.8, 4) is 11.5 Å². The first kappa shape index (κ1) is 37.6. The third-order valence-corrected chi connectivity index (χ3v) is 8.91. The van der Waals surface area contributed by atoms with Crippen LogP contribution in [0.5, 0.6) is 11.5 Å². The normalized spacial score (nSPS) is 27.4. The van der Waals surface area contributed by atoms with E-state index < -0.39 is 36.2 Å². The Bertz CT molecular complexity index is 1330. The number of carbonyl (C=O) groups is 3. The highest BCUT2D eigenvalue weighted by atomic mass is 16.5. The van der Waals surface area contributed by atoms with Crippen LogP contribution in [0.25, 0.3) is 0 Å². The van der Waals surface area contributed by atoms with Crippen LogP contribution in [0, 0.1) is 11.8 Å². The van der Waals surface area contributed by atoms with Gasteiger partial charge in [0.05, 0.1) is 31.4 Å². The molecule has 258 valence electrons. The van der Waals surface area contributed by atoms with Crippen LogP contribution in [0.2, 0.25) is 0 Å². The molecule has 1 aliphatic carbocycles. The maximum absolute atomic E-state index is 13.2. The SMILES string of the molecule is COc1cc2c(O)c(c1)NC(=O)CC(OC)\C=C/C=C/C=C/CC(OC(=O)[C@@H](C)NC(=O)C1CCCCC1)C(C)C(O)/C(C)=C/CC2. The van der Waals surface area contributed by atoms with Crippen molar-refractivity contribution >= 4 is 23.5 Å². The van der Waals surface area contributed by atoms with E-state index in [1.807, 2.05) is 32.1 Å². The molecule has 1 aromatic rings. The number of aromatic hydroxyl groups is 1. The minimum Gasteiger partial charge on any atom is -0.505 e. The lowest BCUT2D eigenvalue weighted by Gasteiger charge is -2.29. The lowest BCUT2D eigenvalue weighted by Crippen LogP contribution is -2.45. The van der Waals surface area contributed by atoms with E-state index in [2.05, 4.69) is 10.6 Å². The molecule has 47 heavy (non-hydrogen) atoms. The van der Waals surface area contributed by atoms with Crippen LogP contribution >= 0.6 is 0 Å². The molecule has 1 saturated carbocycles. The number of hydrogen-bond acceptors (Lipinski definition) is 8. The van der Waals surface area contributed by atoms with Gasteiger partial charge < -0.3 is 35.1 Å². The third kappa shape index (κ3) is 11.7. The van der Waals surface area contributed by atoms with Crippen molar-refractivity contribution in [1.82, 2.24) is 5.32 Å². The summed E-state index contributed by atoms with van der Waals surface area (Å²) in [5.41, 5.74) is 1.51. The van der Waals surface area contributed by atoms with Crippen molar-refractivity contribution in [1.29, 1.82) is 0 Å². The molecule has 1 aliphatic heterocycles. The molecule has 4 unspecified atom stereocenters. The van der Waals surface area contributed by atoms with E-state index in [-0.39, 0.29) is 35.6 Å². The number of carbonyl (C=O) groups excluding carboxylic acids is 3. The first-order chi connectivity index (χ1) is 22.5. The number of aryl methyl sites for hydroxylation is 1. The number of anilines is 1. The predicted octanol–water partition coefficient (Wildman–Crippen LogP) is 5.69. The summed E-state index contributed by atoms with van der Waals surface area (Å²) in [6, 6.07) is 2.46. The number of phenolic OH excluding ortho intramolecular Hbond substituents is 1. The van der Waals surface area contributed by atoms with E-state index >= 15 is 0 Å². The Kier molecular flexibility index (Phi) is 15.2. The average Bonchev–Trinajstić information content (AvgIpc) is 3.07. The molecule has 0 saturated heterocycles. The Morgan fingerprint density at radius 2 is 1.79 bits per heavy atom. The fourth-order valence-electron chi connectivity index (χ4n) is 5.86. The Hall–Kier alpha value is -3.89. The number of rotatable bonds is 6. The predicted molar refractivity (Wildman–Crippen MR) is 182 cm³/mol. The first-order valence-electron chi connectivity index (χ1n) is 16.6. The molecule has 5 atom stereocenters. The highest BCUT2D eigenvalue weighted by Gasteiger charge is 2.31. The number of esters is 1. The van der Waals surface area contributed by atoms with Gasteiger partial charge in [0.1, 0.15) is 23.6 Å². The summed E-state index contributed by atoms with van der Waals surface area (Å²) in [6.07, 6.45) is 16.7. The van der Waals surface area contributed by atoms with Crippen molar-refractivity contribution in [2.24, 2.45) is 11.8 Å². The van der Waals surface area contributed by atoms with Gasteiger partial charge in [0.25, 0.3) is 0 Å². The van der Waals surface area contributed by atoms with E-state index in [1.54, 1.807) is 43.4 Å². The van der Waals surface area contributed by atoms with Crippen LogP contribution < -0.4 is 15.4 Å². The average molecular weight is 653 g/mol. The fourth-order valence-corrected chi connectivity index (χ4v) is 5.86. The lowest BCUT2D eigenvalue weighted by molar-refractivity contribution is -0.156. The Labute approximate surface area is 278 Å². The molecule has 0 spiro atoms. The Morgan fingerprint density at radius 1 is 1.06 bits per heavy atom. The van der Waals surface area contributed by atoms with E-state index in [4.69, 9.17) is 14.2 Å². The van der Waals surface area contributed by atoms with Crippen LogP contribution in [0.1, 0.15) is 77.7 Å². The van der Waals surface area contributed by atoms with Gasteiger partial charge in [-0.3, -0.25) is 9.59 Å². The molecule has 4 N–H and O–H groups in total. The molecule has 2 amide bonds. The second-order valence-electron chi connectivity index (χ2n) is 12.5. The number of ether oxygens (including phenoxy) is 3. The van der Waals surface area contributed by atoms with Crippen LogP contribution in [0.3, 0.4) is 0 Å². The largest absolute Gasteiger partial charge is 0.505 e. The third-order valence-electron chi connectivity index (χ3n) is 8.91. The molecule has 0 radical (unpaired) electrons. The molecule has 1 fully saturated rings. The zero-order valence-corrected chi connectivity index (χ0v) is 28.4. The molecule has 0 aromatic heterocycles. The summed E-state index contributed by atoms with van der Waals surface area (Å²) >= 11 is 0. The number of phenols is 1. The molecule has 3 rings (SSSR count). The minimum absolute atomic E-state index is 0.0347. The number of hydrogen-bond donors (Lipinski definition) is 4. The quantitative estimate of drug-likeness (QED) is 0.174. The Morgan fingerprint density at radius 3 is 2.49 bits per heavy atom. The van der Waals surface area contributed by atoms with Crippen molar-refractivity contribution in [3.05, 3.63) is 65.8 Å². The fraction of sp³-hybridized carbons (Fsp3) is 0.541. The van der Waals surface area contributed by atoms with Gasteiger partial charge in [-0.1, -0.05) is 68.7 Å². The van der Waals surface area contributed by atoms with Crippen molar-refractivity contribution in [2.45, 2.75) is 103 Å². The second kappa shape index (κ2) is 19.1. The van der Waals surface area contributed by atoms with Crippen LogP contribution in [0.15, 0.2) is 60.2 Å². The molecular weight excluding hydrogens is 600 g/mol. The molecule has 2 bridgehead atoms. The van der Waals surface area contributed by atoms with E-state index in [0.29, 0.717) is 36.1 Å². The van der Waals surface area contributed by atoms with Gasteiger partial charge in [0, 0.05) is 37.0 Å². The molecule has 1 heterocycles. The van der Waals surface area contributed by atoms with Crippen molar-refractivity contribution in [2.75, 3.05) is 19.5 Å². The maximum atomic E-state index is 13.2.